The molecule has 1 fully saturated rings. The lowest BCUT2D eigenvalue weighted by molar-refractivity contribution is 0.318. The van der Waals surface area contributed by atoms with Gasteiger partial charge in [0, 0.05) is 24.3 Å². The van der Waals surface area contributed by atoms with Crippen molar-refractivity contribution in [3.63, 3.8) is 0 Å². The molecule has 1 aromatic heterocycles. The Hall–Kier alpha value is -1.32. The maximum absolute atomic E-state index is 4.63. The molecule has 21 heavy (non-hydrogen) atoms. The zero-order chi connectivity index (χ0) is 15.1. The molecule has 0 amide bonds. The van der Waals surface area contributed by atoms with Gasteiger partial charge >= 0.3 is 0 Å². The predicted octanol–water partition coefficient (Wildman–Crippen LogP) is 4.38. The van der Waals surface area contributed by atoms with Crippen LogP contribution in [-0.4, -0.2) is 22.6 Å². The van der Waals surface area contributed by atoms with E-state index in [4.69, 9.17) is 0 Å². The van der Waals surface area contributed by atoms with Gasteiger partial charge in [-0.3, -0.25) is 0 Å². The lowest BCUT2D eigenvalue weighted by Gasteiger charge is -2.29. The summed E-state index contributed by atoms with van der Waals surface area (Å²) in [5.74, 6) is 2.69. The molecule has 1 aromatic rings. The third-order valence-corrected chi connectivity index (χ3v) is 4.39. The van der Waals surface area contributed by atoms with Gasteiger partial charge in [-0.1, -0.05) is 26.7 Å². The van der Waals surface area contributed by atoms with E-state index in [-0.39, 0.29) is 0 Å². The molecule has 0 spiro atoms. The summed E-state index contributed by atoms with van der Waals surface area (Å²) >= 11 is 0. The molecule has 4 heteroatoms. The van der Waals surface area contributed by atoms with Gasteiger partial charge in [-0.25, -0.2) is 4.98 Å². The first kappa shape index (κ1) is 16.1. The topological polar surface area (TPSA) is 49.8 Å². The second kappa shape index (κ2) is 8.20. The Kier molecular flexibility index (Phi) is 6.27. The number of hydrogen-bond acceptors (Lipinski definition) is 4. The first-order valence-electron chi connectivity index (χ1n) is 8.57. The van der Waals surface area contributed by atoms with Crippen molar-refractivity contribution >= 4 is 11.8 Å². The van der Waals surface area contributed by atoms with Crippen molar-refractivity contribution in [2.45, 2.75) is 71.8 Å². The van der Waals surface area contributed by atoms with Crippen molar-refractivity contribution in [3.8, 4) is 0 Å². The number of hydrogen-bond donors (Lipinski definition) is 2. The highest BCUT2D eigenvalue weighted by Crippen LogP contribution is 2.29. The second-order valence-electron chi connectivity index (χ2n) is 6.30. The van der Waals surface area contributed by atoms with Crippen LogP contribution in [-0.2, 0) is 0 Å². The molecule has 0 bridgehead atoms. The summed E-state index contributed by atoms with van der Waals surface area (Å²) in [7, 11) is 0. The number of aryl methyl sites for hydroxylation is 1. The van der Waals surface area contributed by atoms with Crippen molar-refractivity contribution in [2.24, 2.45) is 5.92 Å². The summed E-state index contributed by atoms with van der Waals surface area (Å²) in [5.41, 5.74) is 1.13. The Morgan fingerprint density at radius 1 is 1.14 bits per heavy atom. The normalized spacial score (nSPS) is 22.0. The fourth-order valence-corrected chi connectivity index (χ4v) is 3.11. The van der Waals surface area contributed by atoms with E-state index in [1.165, 1.54) is 38.5 Å². The molecule has 0 aromatic carbocycles. The molecule has 1 saturated carbocycles. The number of aromatic nitrogens is 2. The van der Waals surface area contributed by atoms with Crippen LogP contribution in [0, 0.1) is 12.8 Å². The van der Waals surface area contributed by atoms with Gasteiger partial charge < -0.3 is 10.6 Å². The van der Waals surface area contributed by atoms with E-state index < -0.39 is 0 Å². The molecule has 1 aliphatic carbocycles. The molecule has 1 heterocycles. The van der Waals surface area contributed by atoms with E-state index in [1.54, 1.807) is 0 Å². The summed E-state index contributed by atoms with van der Waals surface area (Å²) in [5, 5.41) is 6.90. The number of rotatable bonds is 7. The van der Waals surface area contributed by atoms with Gasteiger partial charge in [0.15, 0.2) is 0 Å². The highest BCUT2D eigenvalue weighted by molar-refractivity contribution is 5.47. The van der Waals surface area contributed by atoms with Crippen molar-refractivity contribution in [3.05, 3.63) is 11.8 Å². The Balaban J connectivity index is 1.90. The molecule has 4 nitrogen and oxygen atoms in total. The minimum absolute atomic E-state index is 0.575. The average Bonchev–Trinajstić information content (AvgIpc) is 2.50. The van der Waals surface area contributed by atoms with Gasteiger partial charge in [0.05, 0.1) is 0 Å². The summed E-state index contributed by atoms with van der Waals surface area (Å²) in [6.07, 6.45) is 11.0. The largest absolute Gasteiger partial charge is 0.367 e. The zero-order valence-corrected chi connectivity index (χ0v) is 13.8. The summed E-state index contributed by atoms with van der Waals surface area (Å²) in [4.78, 5) is 8.97. The van der Waals surface area contributed by atoms with Crippen LogP contribution in [0.4, 0.5) is 11.8 Å². The molecule has 0 aliphatic heterocycles. The third kappa shape index (κ3) is 4.87. The molecule has 0 atom stereocenters. The first-order chi connectivity index (χ1) is 10.2. The van der Waals surface area contributed by atoms with Gasteiger partial charge in [0.25, 0.3) is 0 Å². The van der Waals surface area contributed by atoms with E-state index in [9.17, 15) is 0 Å². The van der Waals surface area contributed by atoms with Crippen LogP contribution in [0.3, 0.4) is 0 Å². The van der Waals surface area contributed by atoms with E-state index in [0.29, 0.717) is 6.04 Å². The highest BCUT2D eigenvalue weighted by atomic mass is 15.1. The SMILES string of the molecule is CCCNc1ncc(C)c(NC2CCC(CCC)CC2)n1. The van der Waals surface area contributed by atoms with Crippen LogP contribution < -0.4 is 10.6 Å². The van der Waals surface area contributed by atoms with Crippen LogP contribution in [0.5, 0.6) is 0 Å². The van der Waals surface area contributed by atoms with Crippen molar-refractivity contribution in [2.75, 3.05) is 17.2 Å². The molecular formula is C17H30N4. The van der Waals surface area contributed by atoms with E-state index in [2.05, 4.69) is 41.4 Å². The summed E-state index contributed by atoms with van der Waals surface area (Å²) < 4.78 is 0. The van der Waals surface area contributed by atoms with Crippen LogP contribution >= 0.6 is 0 Å². The summed E-state index contributed by atoms with van der Waals surface area (Å²) in [6.45, 7) is 7.44. The molecule has 2 N–H and O–H groups in total. The highest BCUT2D eigenvalue weighted by Gasteiger charge is 2.21. The lowest BCUT2D eigenvalue weighted by atomic mass is 9.83. The smallest absolute Gasteiger partial charge is 0.224 e. The average molecular weight is 290 g/mol. The summed E-state index contributed by atoms with van der Waals surface area (Å²) in [6, 6.07) is 0.575. The quantitative estimate of drug-likeness (QED) is 0.782. The Morgan fingerprint density at radius 2 is 1.90 bits per heavy atom. The molecule has 0 radical (unpaired) electrons. The van der Waals surface area contributed by atoms with Crippen molar-refractivity contribution in [1.82, 2.24) is 9.97 Å². The second-order valence-corrected chi connectivity index (χ2v) is 6.30. The molecule has 2 rings (SSSR count). The Morgan fingerprint density at radius 3 is 2.57 bits per heavy atom. The molecule has 118 valence electrons. The fourth-order valence-electron chi connectivity index (χ4n) is 3.11. The van der Waals surface area contributed by atoms with Crippen molar-refractivity contribution in [1.29, 1.82) is 0 Å². The standard InChI is InChI=1S/C17H30N4/c1-4-6-14-7-9-15(10-8-14)20-16-13(3)12-19-17(21-16)18-11-5-2/h12,14-15H,4-11H2,1-3H3,(H2,18,19,20,21). The van der Waals surface area contributed by atoms with Gasteiger partial charge in [-0.05, 0) is 44.9 Å². The van der Waals surface area contributed by atoms with Gasteiger partial charge in [0.2, 0.25) is 5.95 Å². The minimum atomic E-state index is 0.575. The Bertz CT molecular complexity index is 425. The van der Waals surface area contributed by atoms with E-state index >= 15 is 0 Å². The minimum Gasteiger partial charge on any atom is -0.367 e. The first-order valence-corrected chi connectivity index (χ1v) is 8.57. The van der Waals surface area contributed by atoms with Gasteiger partial charge in [-0.2, -0.15) is 4.98 Å². The molecule has 0 saturated heterocycles. The van der Waals surface area contributed by atoms with E-state index in [1.807, 2.05) is 6.20 Å². The van der Waals surface area contributed by atoms with Gasteiger partial charge in [0.1, 0.15) is 5.82 Å². The predicted molar refractivity (Wildman–Crippen MR) is 89.8 cm³/mol. The van der Waals surface area contributed by atoms with Crippen molar-refractivity contribution < 1.29 is 0 Å². The number of anilines is 2. The number of nitrogens with zero attached hydrogens (tertiary/aromatic N) is 2. The lowest BCUT2D eigenvalue weighted by Crippen LogP contribution is -2.27. The number of nitrogens with one attached hydrogen (secondary N) is 2. The zero-order valence-electron chi connectivity index (χ0n) is 13.8. The van der Waals surface area contributed by atoms with Crippen LogP contribution in [0.25, 0.3) is 0 Å². The molecule has 0 unspecified atom stereocenters. The fraction of sp³-hybridized carbons (Fsp3) is 0.765. The third-order valence-electron chi connectivity index (χ3n) is 4.39. The maximum Gasteiger partial charge on any atom is 0.224 e. The van der Waals surface area contributed by atoms with Crippen LogP contribution in [0.2, 0.25) is 0 Å². The molecular weight excluding hydrogens is 260 g/mol. The monoisotopic (exact) mass is 290 g/mol. The van der Waals surface area contributed by atoms with Gasteiger partial charge in [-0.15, -0.1) is 0 Å². The Labute approximate surface area is 129 Å². The van der Waals surface area contributed by atoms with Crippen LogP contribution in [0.15, 0.2) is 6.20 Å². The molecule has 1 aliphatic rings. The van der Waals surface area contributed by atoms with E-state index in [0.717, 1.165) is 36.2 Å². The maximum atomic E-state index is 4.63. The van der Waals surface area contributed by atoms with Crippen LogP contribution in [0.1, 0.15) is 64.4 Å².